The lowest BCUT2D eigenvalue weighted by Gasteiger charge is -2.25. The normalized spacial score (nSPS) is 20.7. The Morgan fingerprint density at radius 1 is 1.12 bits per heavy atom. The van der Waals surface area contributed by atoms with Gasteiger partial charge in [0.1, 0.15) is 35.4 Å². The molecule has 1 aliphatic rings. The monoisotopic (exact) mass is 580 g/mol. The zero-order valence-electron chi connectivity index (χ0n) is 23.2. The number of nitrogens with zero attached hydrogens (tertiary/aromatic N) is 4. The predicted molar refractivity (Wildman–Crippen MR) is 153 cm³/mol. The summed E-state index contributed by atoms with van der Waals surface area (Å²) in [6, 6.07) is 7.50. The molecule has 3 heterocycles. The minimum absolute atomic E-state index is 0.0276. The fraction of sp³-hybridized carbons (Fsp3) is 0.464. The van der Waals surface area contributed by atoms with Crippen molar-refractivity contribution < 1.29 is 19.2 Å². The Kier molecular flexibility index (Phi) is 10.5. The molecule has 4 amide bonds. The lowest BCUT2D eigenvalue weighted by molar-refractivity contribution is -0.130. The average molecular weight is 581 g/mol. The van der Waals surface area contributed by atoms with E-state index < -0.39 is 24.0 Å². The van der Waals surface area contributed by atoms with Gasteiger partial charge in [-0.05, 0) is 30.7 Å². The number of hydrogen-bond acceptors (Lipinski definition) is 8. The van der Waals surface area contributed by atoms with Crippen LogP contribution in [0, 0.1) is 5.92 Å². The van der Waals surface area contributed by atoms with Crippen molar-refractivity contribution in [2.45, 2.75) is 70.6 Å². The van der Waals surface area contributed by atoms with Gasteiger partial charge in [0, 0.05) is 24.8 Å². The van der Waals surface area contributed by atoms with Crippen molar-refractivity contribution in [2.75, 3.05) is 6.54 Å². The van der Waals surface area contributed by atoms with Crippen LogP contribution in [-0.4, -0.2) is 62.0 Å². The number of fused-ring (bicyclic) bond motifs is 2. The van der Waals surface area contributed by atoms with Crippen molar-refractivity contribution in [3.05, 3.63) is 64.6 Å². The second-order valence-corrected chi connectivity index (χ2v) is 11.2. The highest BCUT2D eigenvalue weighted by Crippen LogP contribution is 2.25. The number of hydrogen-bond donors (Lipinski definition) is 4. The van der Waals surface area contributed by atoms with Crippen molar-refractivity contribution in [1.82, 2.24) is 41.0 Å². The van der Waals surface area contributed by atoms with E-state index in [1.165, 1.54) is 24.0 Å². The third-order valence-electron chi connectivity index (χ3n) is 6.79. The third kappa shape index (κ3) is 8.68. The molecule has 12 nitrogen and oxygen atoms in total. The van der Waals surface area contributed by atoms with Crippen molar-refractivity contribution in [3.63, 3.8) is 0 Å². The summed E-state index contributed by atoms with van der Waals surface area (Å²) < 4.78 is 1.55. The van der Waals surface area contributed by atoms with E-state index in [-0.39, 0.29) is 35.8 Å². The minimum atomic E-state index is -0.777. The summed E-state index contributed by atoms with van der Waals surface area (Å²) in [5.41, 5.74) is 1.10. The van der Waals surface area contributed by atoms with Gasteiger partial charge in [0.15, 0.2) is 0 Å². The van der Waals surface area contributed by atoms with E-state index in [1.54, 1.807) is 10.1 Å². The molecule has 3 aromatic rings. The standard InChI is InChI=1S/C28H36N8O4S/c1-18(2)24-28-34-22(15-41-28)27(40)33-21(14-19-8-4-3-5-9-19)25(38)30-12-7-6-10-20(26(39)35-24)32-23(37)11-13-36-17-29-16-31-36/h3-5,8-9,15-18,20-21,24H,6-7,10-14H2,1-2H3,(H,30,38)(H,32,37)(H,33,40)(H,35,39)/t20-,21+,24+/m0/s1. The second-order valence-electron chi connectivity index (χ2n) is 10.3. The summed E-state index contributed by atoms with van der Waals surface area (Å²) >= 11 is 1.27. The molecule has 0 saturated heterocycles. The van der Waals surface area contributed by atoms with Crippen LogP contribution in [0.2, 0.25) is 0 Å². The van der Waals surface area contributed by atoms with Crippen LogP contribution < -0.4 is 21.3 Å². The van der Waals surface area contributed by atoms with Crippen molar-refractivity contribution in [1.29, 1.82) is 0 Å². The summed E-state index contributed by atoms with van der Waals surface area (Å²) in [7, 11) is 0. The highest BCUT2D eigenvalue weighted by atomic mass is 32.1. The van der Waals surface area contributed by atoms with Crippen LogP contribution in [0.5, 0.6) is 0 Å². The Morgan fingerprint density at radius 3 is 2.66 bits per heavy atom. The van der Waals surface area contributed by atoms with E-state index in [2.05, 4.69) is 36.3 Å². The maximum Gasteiger partial charge on any atom is 0.271 e. The molecule has 13 heteroatoms. The molecule has 4 N–H and O–H groups in total. The molecular formula is C28H36N8O4S. The highest BCUT2D eigenvalue weighted by molar-refractivity contribution is 7.09. The first kappa shape index (κ1) is 29.8. The van der Waals surface area contributed by atoms with E-state index in [9.17, 15) is 19.2 Å². The Labute approximate surface area is 242 Å². The first-order valence-corrected chi connectivity index (χ1v) is 14.7. The van der Waals surface area contributed by atoms with Gasteiger partial charge in [0.25, 0.3) is 5.91 Å². The summed E-state index contributed by atoms with van der Waals surface area (Å²) in [5, 5.41) is 17.9. The molecule has 41 heavy (non-hydrogen) atoms. The molecule has 0 radical (unpaired) electrons. The van der Waals surface area contributed by atoms with Crippen molar-refractivity contribution >= 4 is 35.0 Å². The lowest BCUT2D eigenvalue weighted by Crippen LogP contribution is -2.49. The number of aryl methyl sites for hydroxylation is 1. The van der Waals surface area contributed by atoms with Crippen LogP contribution in [-0.2, 0) is 27.3 Å². The zero-order chi connectivity index (χ0) is 29.2. The number of nitrogens with one attached hydrogen (secondary N) is 4. The number of benzene rings is 1. The molecule has 0 unspecified atom stereocenters. The molecule has 0 spiro atoms. The summed E-state index contributed by atoms with van der Waals surface area (Å²) in [6.07, 6.45) is 4.99. The molecular weight excluding hydrogens is 544 g/mol. The van der Waals surface area contributed by atoms with Crippen LogP contribution in [0.15, 0.2) is 48.4 Å². The van der Waals surface area contributed by atoms with Crippen molar-refractivity contribution in [2.24, 2.45) is 5.92 Å². The zero-order valence-corrected chi connectivity index (χ0v) is 24.0. The van der Waals surface area contributed by atoms with Crippen molar-refractivity contribution in [3.8, 4) is 0 Å². The van der Waals surface area contributed by atoms with Gasteiger partial charge < -0.3 is 21.3 Å². The van der Waals surface area contributed by atoms with Crippen LogP contribution in [0.4, 0.5) is 0 Å². The van der Waals surface area contributed by atoms with Gasteiger partial charge in [0.05, 0.1) is 12.6 Å². The predicted octanol–water partition coefficient (Wildman–Crippen LogP) is 1.76. The van der Waals surface area contributed by atoms with E-state index in [4.69, 9.17) is 0 Å². The number of carbonyl (C=O) groups excluding carboxylic acids is 4. The number of rotatable bonds is 7. The number of thiazole rings is 1. The van der Waals surface area contributed by atoms with Gasteiger partial charge >= 0.3 is 0 Å². The van der Waals surface area contributed by atoms with E-state index in [1.807, 2.05) is 44.2 Å². The van der Waals surface area contributed by atoms with E-state index in [0.29, 0.717) is 43.8 Å². The molecule has 0 saturated carbocycles. The topological polar surface area (TPSA) is 160 Å². The van der Waals surface area contributed by atoms with E-state index >= 15 is 0 Å². The Balaban J connectivity index is 1.52. The van der Waals surface area contributed by atoms with Gasteiger partial charge in [-0.2, -0.15) is 5.10 Å². The number of amides is 4. The number of carbonyl (C=O) groups is 4. The summed E-state index contributed by atoms with van der Waals surface area (Å²) in [6.45, 7) is 4.62. The van der Waals surface area contributed by atoms with Crippen LogP contribution in [0.25, 0.3) is 0 Å². The Hall–Kier alpha value is -4.13. The minimum Gasteiger partial charge on any atom is -0.354 e. The summed E-state index contributed by atoms with van der Waals surface area (Å²) in [5.74, 6) is -1.37. The molecule has 2 aromatic heterocycles. The largest absolute Gasteiger partial charge is 0.354 e. The molecule has 2 bridgehead atoms. The smallest absolute Gasteiger partial charge is 0.271 e. The van der Waals surface area contributed by atoms with Gasteiger partial charge in [-0.3, -0.25) is 23.9 Å². The second kappa shape index (κ2) is 14.5. The average Bonchev–Trinajstić information content (AvgIpc) is 3.66. The van der Waals surface area contributed by atoms with Gasteiger partial charge in [-0.15, -0.1) is 11.3 Å². The molecule has 3 atom stereocenters. The Morgan fingerprint density at radius 2 is 1.93 bits per heavy atom. The molecule has 0 aliphatic carbocycles. The van der Waals surface area contributed by atoms with E-state index in [0.717, 1.165) is 5.56 Å². The lowest BCUT2D eigenvalue weighted by atomic mass is 10.0. The van der Waals surface area contributed by atoms with Gasteiger partial charge in [-0.25, -0.2) is 9.97 Å². The fourth-order valence-electron chi connectivity index (χ4n) is 4.50. The SMILES string of the molecule is CC(C)[C@H]1NC(=O)[C@@H](NC(=O)CCn2cncn2)CCCCNC(=O)[C@@H](Cc2ccccc2)NC(=O)c2csc1n2. The molecule has 218 valence electrons. The molecule has 4 rings (SSSR count). The fourth-order valence-corrected chi connectivity index (χ4v) is 5.52. The highest BCUT2D eigenvalue weighted by Gasteiger charge is 2.29. The molecule has 1 aliphatic heterocycles. The molecule has 1 aromatic carbocycles. The third-order valence-corrected chi connectivity index (χ3v) is 7.72. The van der Waals surface area contributed by atoms with Crippen LogP contribution in [0.1, 0.15) is 66.6 Å². The summed E-state index contributed by atoms with van der Waals surface area (Å²) in [4.78, 5) is 60.8. The molecule has 0 fully saturated rings. The van der Waals surface area contributed by atoms with Crippen LogP contribution >= 0.6 is 11.3 Å². The Bertz CT molecular complexity index is 1310. The number of aromatic nitrogens is 4. The maximum absolute atomic E-state index is 13.4. The maximum atomic E-state index is 13.4. The first-order chi connectivity index (χ1) is 19.8. The quantitative estimate of drug-likeness (QED) is 0.331. The first-order valence-electron chi connectivity index (χ1n) is 13.8. The van der Waals surface area contributed by atoms with Crippen LogP contribution in [0.3, 0.4) is 0 Å². The van der Waals surface area contributed by atoms with Gasteiger partial charge in [-0.1, -0.05) is 44.2 Å². The van der Waals surface area contributed by atoms with Gasteiger partial charge in [0.2, 0.25) is 17.7 Å².